The summed E-state index contributed by atoms with van der Waals surface area (Å²) >= 11 is 0. The van der Waals surface area contributed by atoms with Crippen LogP contribution in [0.5, 0.6) is 0 Å². The lowest BCUT2D eigenvalue weighted by atomic mass is 10.0. The molecule has 0 saturated carbocycles. The summed E-state index contributed by atoms with van der Waals surface area (Å²) in [7, 11) is 0. The highest BCUT2D eigenvalue weighted by molar-refractivity contribution is 6.01. The van der Waals surface area contributed by atoms with Gasteiger partial charge in [-0.3, -0.25) is 0 Å². The zero-order valence-electron chi connectivity index (χ0n) is 17.6. The first kappa shape index (κ1) is 21.8. The molecule has 9 nitrogen and oxygen atoms in total. The van der Waals surface area contributed by atoms with Crippen LogP contribution < -0.4 is 11.1 Å². The van der Waals surface area contributed by atoms with E-state index in [1.165, 1.54) is 18.5 Å². The third kappa shape index (κ3) is 5.00. The second-order valence-corrected chi connectivity index (χ2v) is 8.02. The predicted molar refractivity (Wildman–Crippen MR) is 118 cm³/mol. The quantitative estimate of drug-likeness (QED) is 0.517. The van der Waals surface area contributed by atoms with Crippen LogP contribution in [0.15, 0.2) is 49.4 Å². The molecule has 1 unspecified atom stereocenters. The summed E-state index contributed by atoms with van der Waals surface area (Å²) in [6.07, 6.45) is 4.28. The molecule has 0 radical (unpaired) electrons. The topological polar surface area (TPSA) is 132 Å². The fraction of sp³-hybridized carbons (Fsp3) is 0.273. The van der Waals surface area contributed by atoms with Gasteiger partial charge >= 0.3 is 12.1 Å². The average Bonchev–Trinajstić information content (AvgIpc) is 3.06. The Morgan fingerprint density at radius 2 is 1.97 bits per heavy atom. The number of carbonyl (C=O) groups is 2. The van der Waals surface area contributed by atoms with Crippen molar-refractivity contribution >= 4 is 28.9 Å². The first-order chi connectivity index (χ1) is 14.6. The van der Waals surface area contributed by atoms with Crippen LogP contribution in [0.1, 0.15) is 31.1 Å². The molecule has 0 bridgehead atoms. The number of amides is 1. The summed E-state index contributed by atoms with van der Waals surface area (Å²) in [4.78, 5) is 31.8. The Bertz CT molecular complexity index is 1130. The first-order valence-corrected chi connectivity index (χ1v) is 9.64. The van der Waals surface area contributed by atoms with E-state index in [2.05, 4.69) is 21.9 Å². The van der Waals surface area contributed by atoms with E-state index < -0.39 is 23.7 Å². The number of carboxylic acids is 1. The van der Waals surface area contributed by atoms with Crippen molar-refractivity contribution in [3.63, 3.8) is 0 Å². The van der Waals surface area contributed by atoms with Gasteiger partial charge in [-0.2, -0.15) is 0 Å². The smallest absolute Gasteiger partial charge is 0.408 e. The maximum absolute atomic E-state index is 12.2. The number of nitrogens with two attached hydrogens (primary N) is 1. The van der Waals surface area contributed by atoms with Gasteiger partial charge in [0.2, 0.25) is 0 Å². The van der Waals surface area contributed by atoms with Crippen molar-refractivity contribution in [2.45, 2.75) is 39.0 Å². The second-order valence-electron chi connectivity index (χ2n) is 8.02. The molecule has 0 aliphatic carbocycles. The minimum Gasteiger partial charge on any atom is -0.478 e. The van der Waals surface area contributed by atoms with Gasteiger partial charge in [0.15, 0.2) is 0 Å². The summed E-state index contributed by atoms with van der Waals surface area (Å²) in [6.45, 7) is 9.50. The van der Waals surface area contributed by atoms with Crippen LogP contribution >= 0.6 is 0 Å². The highest BCUT2D eigenvalue weighted by Gasteiger charge is 2.21. The van der Waals surface area contributed by atoms with Crippen molar-refractivity contribution in [1.29, 1.82) is 0 Å². The van der Waals surface area contributed by atoms with Crippen LogP contribution in [0.4, 0.5) is 10.6 Å². The van der Waals surface area contributed by atoms with Gasteiger partial charge in [0.05, 0.1) is 17.0 Å². The number of aromatic nitrogens is 3. The second kappa shape index (κ2) is 8.47. The summed E-state index contributed by atoms with van der Waals surface area (Å²) in [5.74, 6) is -0.699. The summed E-state index contributed by atoms with van der Waals surface area (Å²) in [5.41, 5.74) is 7.81. The van der Waals surface area contributed by atoms with Crippen molar-refractivity contribution in [2.75, 3.05) is 5.73 Å². The van der Waals surface area contributed by atoms with Crippen molar-refractivity contribution in [3.05, 3.63) is 55.0 Å². The molecule has 0 saturated heterocycles. The molecule has 1 amide bonds. The third-order valence-electron chi connectivity index (χ3n) is 4.51. The SMILES string of the molecule is C=CC(Cn1cc(-c2ccc(C(=O)O)cc2)c2c(N)ncnc21)NC(=O)OC(C)(C)C. The lowest BCUT2D eigenvalue weighted by Gasteiger charge is -2.22. The molecule has 3 aromatic rings. The first-order valence-electron chi connectivity index (χ1n) is 9.64. The standard InChI is InChI=1S/C22H25N5O4/c1-5-15(26-21(30)31-22(2,3)4)10-27-11-16(17-18(23)24-12-25-19(17)27)13-6-8-14(9-7-13)20(28)29/h5-9,11-12,15H,1,10H2,2-4H3,(H,26,30)(H,28,29)(H2,23,24,25). The minimum absolute atomic E-state index is 0.185. The van der Waals surface area contributed by atoms with Gasteiger partial charge in [-0.15, -0.1) is 6.58 Å². The van der Waals surface area contributed by atoms with Crippen LogP contribution in [0, 0.1) is 0 Å². The summed E-state index contributed by atoms with van der Waals surface area (Å²) < 4.78 is 7.16. The number of carbonyl (C=O) groups excluding carboxylic acids is 1. The maximum Gasteiger partial charge on any atom is 0.408 e. The number of anilines is 1. The molecule has 2 heterocycles. The number of alkyl carbamates (subject to hydrolysis) is 1. The molecule has 31 heavy (non-hydrogen) atoms. The van der Waals surface area contributed by atoms with Crippen molar-refractivity contribution in [1.82, 2.24) is 19.9 Å². The summed E-state index contributed by atoms with van der Waals surface area (Å²) in [5, 5.41) is 12.6. The molecule has 1 aromatic carbocycles. The molecule has 0 aliphatic rings. The highest BCUT2D eigenvalue weighted by Crippen LogP contribution is 2.33. The lowest BCUT2D eigenvalue weighted by molar-refractivity contribution is 0.0510. The Balaban J connectivity index is 1.96. The van der Waals surface area contributed by atoms with Gasteiger partial charge in [0.25, 0.3) is 0 Å². The number of nitrogen functional groups attached to an aromatic ring is 1. The normalized spacial score (nSPS) is 12.4. The fourth-order valence-electron chi connectivity index (χ4n) is 3.15. The number of nitrogens with zero attached hydrogens (tertiary/aromatic N) is 3. The number of ether oxygens (including phenoxy) is 1. The largest absolute Gasteiger partial charge is 0.478 e. The summed E-state index contributed by atoms with van der Waals surface area (Å²) in [6, 6.07) is 6.04. The van der Waals surface area contributed by atoms with E-state index in [9.17, 15) is 9.59 Å². The molecular formula is C22H25N5O4. The van der Waals surface area contributed by atoms with Crippen LogP contribution in [0.3, 0.4) is 0 Å². The number of fused-ring (bicyclic) bond motifs is 1. The molecular weight excluding hydrogens is 398 g/mol. The number of hydrogen-bond acceptors (Lipinski definition) is 6. The van der Waals surface area contributed by atoms with E-state index in [4.69, 9.17) is 15.6 Å². The van der Waals surface area contributed by atoms with E-state index in [1.54, 1.807) is 39.0 Å². The van der Waals surface area contributed by atoms with E-state index >= 15 is 0 Å². The zero-order valence-corrected chi connectivity index (χ0v) is 17.6. The van der Waals surface area contributed by atoms with Gasteiger partial charge in [-0.25, -0.2) is 19.6 Å². The van der Waals surface area contributed by atoms with E-state index in [-0.39, 0.29) is 5.56 Å². The Kier molecular flexibility index (Phi) is 5.96. The molecule has 0 aliphatic heterocycles. The van der Waals surface area contributed by atoms with Crippen molar-refractivity contribution in [2.24, 2.45) is 0 Å². The number of hydrogen-bond donors (Lipinski definition) is 3. The molecule has 0 spiro atoms. The molecule has 3 rings (SSSR count). The Labute approximate surface area is 179 Å². The van der Waals surface area contributed by atoms with Gasteiger partial charge in [-0.1, -0.05) is 18.2 Å². The fourth-order valence-corrected chi connectivity index (χ4v) is 3.15. The van der Waals surface area contributed by atoms with Crippen LogP contribution in [0.25, 0.3) is 22.2 Å². The zero-order chi connectivity index (χ0) is 22.8. The van der Waals surface area contributed by atoms with Crippen LogP contribution in [0.2, 0.25) is 0 Å². The van der Waals surface area contributed by atoms with Gasteiger partial charge in [0, 0.05) is 18.3 Å². The van der Waals surface area contributed by atoms with E-state index in [0.717, 1.165) is 11.1 Å². The van der Waals surface area contributed by atoms with Crippen molar-refractivity contribution < 1.29 is 19.4 Å². The van der Waals surface area contributed by atoms with Gasteiger partial charge < -0.3 is 25.5 Å². The third-order valence-corrected chi connectivity index (χ3v) is 4.51. The molecule has 9 heteroatoms. The molecule has 0 fully saturated rings. The number of aromatic carboxylic acids is 1. The van der Waals surface area contributed by atoms with Crippen LogP contribution in [-0.2, 0) is 11.3 Å². The lowest BCUT2D eigenvalue weighted by Crippen LogP contribution is -2.40. The van der Waals surface area contributed by atoms with E-state index in [1.807, 2.05) is 10.8 Å². The number of nitrogens with one attached hydrogen (secondary N) is 1. The Hall–Kier alpha value is -3.88. The number of benzene rings is 1. The maximum atomic E-state index is 12.2. The minimum atomic E-state index is -1.00. The van der Waals surface area contributed by atoms with Crippen molar-refractivity contribution in [3.8, 4) is 11.1 Å². The molecule has 4 N–H and O–H groups in total. The van der Waals surface area contributed by atoms with E-state index in [0.29, 0.717) is 23.4 Å². The molecule has 162 valence electrons. The highest BCUT2D eigenvalue weighted by atomic mass is 16.6. The number of carboxylic acid groups (broad SMARTS) is 1. The molecule has 2 aromatic heterocycles. The predicted octanol–water partition coefficient (Wildman–Crippen LogP) is 3.46. The number of rotatable bonds is 6. The Morgan fingerprint density at radius 1 is 1.29 bits per heavy atom. The average molecular weight is 423 g/mol. The van der Waals surface area contributed by atoms with Gasteiger partial charge in [0.1, 0.15) is 23.4 Å². The van der Waals surface area contributed by atoms with Gasteiger partial charge in [-0.05, 0) is 38.5 Å². The monoisotopic (exact) mass is 423 g/mol. The van der Waals surface area contributed by atoms with Crippen LogP contribution in [-0.4, -0.2) is 43.3 Å². The Morgan fingerprint density at radius 3 is 2.55 bits per heavy atom. The molecule has 1 atom stereocenters.